The first kappa shape index (κ1) is 27.3. The molecule has 6 heteroatoms. The average Bonchev–Trinajstić information content (AvgIpc) is 2.51. The van der Waals surface area contributed by atoms with E-state index >= 15 is 0 Å². The summed E-state index contributed by atoms with van der Waals surface area (Å²) < 4.78 is 0. The Morgan fingerprint density at radius 2 is 0.885 bits per heavy atom. The molecule has 3 N–H and O–H groups in total. The van der Waals surface area contributed by atoms with Gasteiger partial charge in [0.2, 0.25) is 0 Å². The van der Waals surface area contributed by atoms with Crippen LogP contribution >= 0.6 is 0 Å². The zero-order valence-corrected chi connectivity index (χ0v) is 18.5. The molecule has 0 aliphatic rings. The van der Waals surface area contributed by atoms with E-state index in [2.05, 4.69) is 80.0 Å². The fraction of sp³-hybridized carbons (Fsp3) is 0.400. The van der Waals surface area contributed by atoms with Crippen LogP contribution in [0.1, 0.15) is 22.3 Å². The fourth-order valence-electron chi connectivity index (χ4n) is 2.86. The van der Waals surface area contributed by atoms with E-state index in [0.717, 1.165) is 26.2 Å². The maximum absolute atomic E-state index is 3.53. The number of hydrogen-bond acceptors (Lipinski definition) is 3. The van der Waals surface area contributed by atoms with E-state index < -0.39 is 0 Å². The molecule has 0 aliphatic carbocycles. The molecular formula is C20H29Cl2FeN3. The van der Waals surface area contributed by atoms with Crippen molar-refractivity contribution in [3.05, 3.63) is 58.7 Å². The molecule has 26 heavy (non-hydrogen) atoms. The molecule has 3 nitrogen and oxygen atoms in total. The molecule has 0 amide bonds. The Balaban J connectivity index is 0. The van der Waals surface area contributed by atoms with Crippen molar-refractivity contribution >= 4 is 11.4 Å². The molecule has 0 aromatic heterocycles. The first-order valence-corrected chi connectivity index (χ1v) is 8.40. The maximum atomic E-state index is 3.53. The van der Waals surface area contributed by atoms with E-state index in [1.807, 2.05) is 0 Å². The van der Waals surface area contributed by atoms with Gasteiger partial charge in [-0.25, -0.2) is 0 Å². The molecule has 0 saturated carbocycles. The van der Waals surface area contributed by atoms with Gasteiger partial charge in [0.1, 0.15) is 0 Å². The van der Waals surface area contributed by atoms with Crippen molar-refractivity contribution in [2.24, 2.45) is 0 Å². The summed E-state index contributed by atoms with van der Waals surface area (Å²) in [4.78, 5) is 0. The fourth-order valence-corrected chi connectivity index (χ4v) is 2.86. The van der Waals surface area contributed by atoms with E-state index in [0.29, 0.717) is 0 Å². The number of benzene rings is 2. The molecule has 2 aromatic carbocycles. The minimum absolute atomic E-state index is 0. The van der Waals surface area contributed by atoms with Crippen LogP contribution < -0.4 is 40.8 Å². The maximum Gasteiger partial charge on any atom is 2.00 e. The van der Waals surface area contributed by atoms with Crippen molar-refractivity contribution in [3.8, 4) is 0 Å². The minimum atomic E-state index is 0. The number of aryl methyl sites for hydroxylation is 4. The molecule has 0 spiro atoms. The summed E-state index contributed by atoms with van der Waals surface area (Å²) in [5.74, 6) is 0. The normalized spacial score (nSPS) is 9.38. The van der Waals surface area contributed by atoms with Crippen LogP contribution in [0.2, 0.25) is 0 Å². The van der Waals surface area contributed by atoms with Crippen LogP contribution in [0, 0.1) is 27.7 Å². The van der Waals surface area contributed by atoms with Crippen molar-refractivity contribution < 1.29 is 41.9 Å². The largest absolute Gasteiger partial charge is 2.00 e. The molecule has 146 valence electrons. The van der Waals surface area contributed by atoms with Crippen molar-refractivity contribution in [1.29, 1.82) is 0 Å². The Morgan fingerprint density at radius 1 is 0.577 bits per heavy atom. The topological polar surface area (TPSA) is 36.1 Å². The standard InChI is InChI=1S/C20H29N3.2ClH.Fe/c1-15-7-5-8-16(2)19(15)22-13-11-21-12-14-23-20-17(3)9-6-10-18(20)4;;;/h5-10,21-23H,11-14H2,1-4H3;2*1H;/q;;;+2/p-2. The molecule has 0 unspecified atom stereocenters. The number of halogens is 2. The second-order valence-corrected chi connectivity index (χ2v) is 6.14. The van der Waals surface area contributed by atoms with E-state index in [1.165, 1.54) is 33.6 Å². The smallest absolute Gasteiger partial charge is 1.00 e. The van der Waals surface area contributed by atoms with Gasteiger partial charge in [0.15, 0.2) is 0 Å². The predicted octanol–water partition coefficient (Wildman–Crippen LogP) is -1.96. The second-order valence-electron chi connectivity index (χ2n) is 6.14. The Hall–Kier alpha value is -0.901. The number of hydrogen-bond donors (Lipinski definition) is 3. The molecule has 0 bridgehead atoms. The van der Waals surface area contributed by atoms with E-state index in [9.17, 15) is 0 Å². The number of nitrogens with one attached hydrogen (secondary N) is 3. The monoisotopic (exact) mass is 437 g/mol. The molecule has 0 atom stereocenters. The Labute approximate surface area is 181 Å². The summed E-state index contributed by atoms with van der Waals surface area (Å²) in [6.45, 7) is 12.4. The first-order valence-electron chi connectivity index (χ1n) is 8.40. The molecule has 0 saturated heterocycles. The van der Waals surface area contributed by atoms with Crippen LogP contribution in [0.15, 0.2) is 36.4 Å². The van der Waals surface area contributed by atoms with Crippen LogP contribution in [-0.4, -0.2) is 26.2 Å². The van der Waals surface area contributed by atoms with Gasteiger partial charge in [-0.1, -0.05) is 36.4 Å². The van der Waals surface area contributed by atoms with E-state index in [1.54, 1.807) is 0 Å². The third-order valence-corrected chi connectivity index (χ3v) is 4.17. The van der Waals surface area contributed by atoms with Crippen molar-refractivity contribution in [2.45, 2.75) is 27.7 Å². The van der Waals surface area contributed by atoms with E-state index in [-0.39, 0.29) is 41.9 Å². The predicted molar refractivity (Wildman–Crippen MR) is 102 cm³/mol. The molecule has 0 radical (unpaired) electrons. The Kier molecular flexibility index (Phi) is 14.9. The van der Waals surface area contributed by atoms with Crippen molar-refractivity contribution in [1.82, 2.24) is 5.32 Å². The summed E-state index contributed by atoms with van der Waals surface area (Å²) in [6.07, 6.45) is 0. The zero-order valence-electron chi connectivity index (χ0n) is 15.9. The van der Waals surface area contributed by atoms with E-state index in [4.69, 9.17) is 0 Å². The average molecular weight is 438 g/mol. The summed E-state index contributed by atoms with van der Waals surface area (Å²) in [6, 6.07) is 12.8. The SMILES string of the molecule is Cc1cccc(C)c1NCCNCCNc1c(C)cccc1C.[Cl-].[Cl-].[Fe+2]. The summed E-state index contributed by atoms with van der Waals surface area (Å²) >= 11 is 0. The van der Waals surface area contributed by atoms with Gasteiger partial charge in [0.05, 0.1) is 0 Å². The third kappa shape index (κ3) is 8.20. The van der Waals surface area contributed by atoms with Gasteiger partial charge < -0.3 is 40.8 Å². The van der Waals surface area contributed by atoms with Gasteiger partial charge in [-0.15, -0.1) is 0 Å². The van der Waals surface area contributed by atoms with Gasteiger partial charge in [-0.2, -0.15) is 0 Å². The molecule has 0 fully saturated rings. The third-order valence-electron chi connectivity index (χ3n) is 4.17. The van der Waals surface area contributed by atoms with Crippen LogP contribution in [0.3, 0.4) is 0 Å². The summed E-state index contributed by atoms with van der Waals surface area (Å²) in [5.41, 5.74) is 7.76. The van der Waals surface area contributed by atoms with Crippen LogP contribution in [0.5, 0.6) is 0 Å². The molecule has 2 rings (SSSR count). The van der Waals surface area contributed by atoms with Crippen LogP contribution in [0.4, 0.5) is 11.4 Å². The Morgan fingerprint density at radius 3 is 1.19 bits per heavy atom. The first-order chi connectivity index (χ1) is 11.1. The molecular weight excluding hydrogens is 409 g/mol. The number of para-hydroxylation sites is 2. The minimum Gasteiger partial charge on any atom is -1.00 e. The number of anilines is 2. The van der Waals surface area contributed by atoms with Gasteiger partial charge in [-0.05, 0) is 49.9 Å². The summed E-state index contributed by atoms with van der Waals surface area (Å²) in [7, 11) is 0. The molecule has 2 aromatic rings. The quantitative estimate of drug-likeness (QED) is 0.331. The second kappa shape index (κ2) is 14.2. The summed E-state index contributed by atoms with van der Waals surface area (Å²) in [5, 5.41) is 10.5. The molecule has 0 aliphatic heterocycles. The van der Waals surface area contributed by atoms with Gasteiger partial charge in [0, 0.05) is 37.6 Å². The van der Waals surface area contributed by atoms with Crippen molar-refractivity contribution in [3.63, 3.8) is 0 Å². The molecule has 0 heterocycles. The number of rotatable bonds is 8. The Bertz CT molecular complexity index is 555. The van der Waals surface area contributed by atoms with Gasteiger partial charge >= 0.3 is 17.1 Å². The zero-order chi connectivity index (χ0) is 16.7. The van der Waals surface area contributed by atoms with Crippen LogP contribution in [-0.2, 0) is 17.1 Å². The van der Waals surface area contributed by atoms with Crippen molar-refractivity contribution in [2.75, 3.05) is 36.8 Å². The van der Waals surface area contributed by atoms with Crippen LogP contribution in [0.25, 0.3) is 0 Å². The van der Waals surface area contributed by atoms with Gasteiger partial charge in [0.25, 0.3) is 0 Å². The van der Waals surface area contributed by atoms with Gasteiger partial charge in [-0.3, -0.25) is 0 Å².